The van der Waals surface area contributed by atoms with Gasteiger partial charge in [-0.25, -0.2) is 0 Å². The Morgan fingerprint density at radius 2 is 2.55 bits per heavy atom. The third-order valence-corrected chi connectivity index (χ3v) is 1.74. The van der Waals surface area contributed by atoms with Crippen molar-refractivity contribution in [3.8, 4) is 5.75 Å². The number of rotatable bonds is 2. The number of hydrogen-bond donors (Lipinski definition) is 1. The van der Waals surface area contributed by atoms with E-state index in [1.54, 1.807) is 6.20 Å². The Hall–Kier alpha value is -1.03. The smallest absolute Gasteiger partial charge is 0.182 e. The van der Waals surface area contributed by atoms with Crippen molar-refractivity contribution in [2.45, 2.75) is 13.0 Å². The maximum absolute atomic E-state index is 5.50. The number of nitrogens with one attached hydrogen (secondary N) is 1. The molecule has 0 amide bonds. The van der Waals surface area contributed by atoms with E-state index >= 15 is 0 Å². The molecule has 0 aliphatic carbocycles. The number of aryl methyl sites for hydroxylation is 1. The van der Waals surface area contributed by atoms with Crippen LogP contribution < -0.4 is 10.1 Å². The van der Waals surface area contributed by atoms with Crippen molar-refractivity contribution in [2.24, 2.45) is 0 Å². The van der Waals surface area contributed by atoms with Crippen molar-refractivity contribution in [3.05, 3.63) is 12.0 Å². The normalized spacial score (nSPS) is 17.9. The molecular weight excluding hydrogens is 144 g/mol. The summed E-state index contributed by atoms with van der Waals surface area (Å²) in [6.45, 7) is 3.68. The molecule has 4 heteroatoms. The maximum atomic E-state index is 5.50. The van der Waals surface area contributed by atoms with Crippen LogP contribution in [0, 0.1) is 6.92 Å². The molecule has 0 aromatic carbocycles. The lowest BCUT2D eigenvalue weighted by molar-refractivity contribution is 0.139. The van der Waals surface area contributed by atoms with E-state index in [0.29, 0.717) is 6.10 Å². The zero-order valence-electron chi connectivity index (χ0n) is 6.33. The average molecular weight is 154 g/mol. The summed E-state index contributed by atoms with van der Waals surface area (Å²) in [5, 5.41) is 6.73. The van der Waals surface area contributed by atoms with Crippen LogP contribution in [-0.4, -0.2) is 24.4 Å². The summed E-state index contributed by atoms with van der Waals surface area (Å²) in [7, 11) is 0. The first-order valence-electron chi connectivity index (χ1n) is 3.65. The fraction of sp³-hybridized carbons (Fsp3) is 0.571. The highest BCUT2D eigenvalue weighted by Gasteiger charge is 2.19. The van der Waals surface area contributed by atoms with E-state index in [1.807, 2.05) is 6.92 Å². The van der Waals surface area contributed by atoms with Crippen molar-refractivity contribution in [3.63, 3.8) is 0 Å². The standard InChI is InChI=1S/C7H10N2O2/c1-5-7(4-9-11-5)10-6-2-8-3-6/h4,6,8H,2-3H2,1H3. The van der Waals surface area contributed by atoms with E-state index < -0.39 is 0 Å². The minimum atomic E-state index is 0.299. The Bertz CT molecular complexity index is 242. The van der Waals surface area contributed by atoms with Gasteiger partial charge in [0.15, 0.2) is 11.5 Å². The van der Waals surface area contributed by atoms with Crippen molar-refractivity contribution in [1.82, 2.24) is 10.5 Å². The summed E-state index contributed by atoms with van der Waals surface area (Å²) < 4.78 is 10.3. The first kappa shape index (κ1) is 6.67. The molecule has 1 N–H and O–H groups in total. The third-order valence-electron chi connectivity index (χ3n) is 1.74. The van der Waals surface area contributed by atoms with Gasteiger partial charge in [-0.1, -0.05) is 5.16 Å². The van der Waals surface area contributed by atoms with Gasteiger partial charge in [-0.05, 0) is 0 Å². The van der Waals surface area contributed by atoms with E-state index in [9.17, 15) is 0 Å². The summed E-state index contributed by atoms with van der Waals surface area (Å²) in [5.74, 6) is 1.51. The molecule has 2 rings (SSSR count). The Balaban J connectivity index is 1.99. The quantitative estimate of drug-likeness (QED) is 0.667. The van der Waals surface area contributed by atoms with E-state index in [0.717, 1.165) is 24.6 Å². The largest absolute Gasteiger partial charge is 0.482 e. The summed E-state index contributed by atoms with van der Waals surface area (Å²) in [5.41, 5.74) is 0. The fourth-order valence-electron chi connectivity index (χ4n) is 0.928. The first-order chi connectivity index (χ1) is 5.36. The van der Waals surface area contributed by atoms with Crippen LogP contribution in [-0.2, 0) is 0 Å². The third kappa shape index (κ3) is 1.21. The molecule has 60 valence electrons. The van der Waals surface area contributed by atoms with Crippen LogP contribution in [0.3, 0.4) is 0 Å². The fourth-order valence-corrected chi connectivity index (χ4v) is 0.928. The van der Waals surface area contributed by atoms with Gasteiger partial charge in [-0.15, -0.1) is 0 Å². The highest BCUT2D eigenvalue weighted by Crippen LogP contribution is 2.18. The van der Waals surface area contributed by atoms with Crippen LogP contribution in [0.25, 0.3) is 0 Å². The van der Waals surface area contributed by atoms with Gasteiger partial charge < -0.3 is 14.6 Å². The van der Waals surface area contributed by atoms with Crippen LogP contribution in [0.2, 0.25) is 0 Å². The molecule has 0 spiro atoms. The predicted molar refractivity (Wildman–Crippen MR) is 38.5 cm³/mol. The van der Waals surface area contributed by atoms with Gasteiger partial charge in [0.25, 0.3) is 0 Å². The van der Waals surface area contributed by atoms with Crippen LogP contribution >= 0.6 is 0 Å². The van der Waals surface area contributed by atoms with E-state index in [1.165, 1.54) is 0 Å². The highest BCUT2D eigenvalue weighted by molar-refractivity contribution is 5.20. The average Bonchev–Trinajstić information content (AvgIpc) is 2.27. The minimum absolute atomic E-state index is 0.299. The minimum Gasteiger partial charge on any atom is -0.482 e. The molecule has 0 radical (unpaired) electrons. The zero-order valence-corrected chi connectivity index (χ0v) is 6.33. The van der Waals surface area contributed by atoms with Crippen LogP contribution in [0.15, 0.2) is 10.7 Å². The second kappa shape index (κ2) is 2.54. The summed E-state index contributed by atoms with van der Waals surface area (Å²) in [6, 6.07) is 0. The van der Waals surface area contributed by atoms with E-state index in [4.69, 9.17) is 9.26 Å². The maximum Gasteiger partial charge on any atom is 0.182 e. The van der Waals surface area contributed by atoms with E-state index in [-0.39, 0.29) is 0 Å². The van der Waals surface area contributed by atoms with Crippen LogP contribution in [0.4, 0.5) is 0 Å². The number of hydrogen-bond acceptors (Lipinski definition) is 4. The molecule has 1 aromatic rings. The number of aromatic nitrogens is 1. The van der Waals surface area contributed by atoms with Crippen LogP contribution in [0.5, 0.6) is 5.75 Å². The second-order valence-corrected chi connectivity index (χ2v) is 2.64. The van der Waals surface area contributed by atoms with Gasteiger partial charge in [0.05, 0.1) is 0 Å². The Morgan fingerprint density at radius 1 is 1.73 bits per heavy atom. The van der Waals surface area contributed by atoms with Gasteiger partial charge >= 0.3 is 0 Å². The highest BCUT2D eigenvalue weighted by atomic mass is 16.5. The summed E-state index contributed by atoms with van der Waals surface area (Å²) >= 11 is 0. The monoisotopic (exact) mass is 154 g/mol. The molecule has 0 saturated carbocycles. The Morgan fingerprint density at radius 3 is 3.00 bits per heavy atom. The predicted octanol–water partition coefficient (Wildman–Crippen LogP) is 0.334. The first-order valence-corrected chi connectivity index (χ1v) is 3.65. The van der Waals surface area contributed by atoms with Crippen LogP contribution in [0.1, 0.15) is 5.76 Å². The molecule has 1 aliphatic heterocycles. The van der Waals surface area contributed by atoms with Gasteiger partial charge in [0.2, 0.25) is 0 Å². The Kier molecular flexibility index (Phi) is 1.54. The van der Waals surface area contributed by atoms with Crippen molar-refractivity contribution in [1.29, 1.82) is 0 Å². The SMILES string of the molecule is Cc1oncc1OC1CNC1. The molecule has 0 atom stereocenters. The number of ether oxygens (including phenoxy) is 1. The Labute approximate surface area is 64.5 Å². The number of nitrogens with zero attached hydrogens (tertiary/aromatic N) is 1. The lowest BCUT2D eigenvalue weighted by atomic mass is 10.2. The van der Waals surface area contributed by atoms with Gasteiger partial charge in [-0.3, -0.25) is 0 Å². The van der Waals surface area contributed by atoms with Crippen molar-refractivity contribution < 1.29 is 9.26 Å². The molecule has 4 nitrogen and oxygen atoms in total. The molecule has 1 aliphatic rings. The van der Waals surface area contributed by atoms with E-state index in [2.05, 4.69) is 10.5 Å². The van der Waals surface area contributed by atoms with Gasteiger partial charge in [-0.2, -0.15) is 0 Å². The molecular formula is C7H10N2O2. The molecule has 1 fully saturated rings. The second-order valence-electron chi connectivity index (χ2n) is 2.64. The van der Waals surface area contributed by atoms with Gasteiger partial charge in [0.1, 0.15) is 12.3 Å². The molecule has 11 heavy (non-hydrogen) atoms. The zero-order chi connectivity index (χ0) is 7.68. The molecule has 0 unspecified atom stereocenters. The topological polar surface area (TPSA) is 47.3 Å². The van der Waals surface area contributed by atoms with Gasteiger partial charge in [0, 0.05) is 20.0 Å². The molecule has 1 saturated heterocycles. The summed E-state index contributed by atoms with van der Waals surface area (Å²) in [6.07, 6.45) is 1.90. The molecule has 0 bridgehead atoms. The summed E-state index contributed by atoms with van der Waals surface area (Å²) in [4.78, 5) is 0. The van der Waals surface area contributed by atoms with Crippen molar-refractivity contribution in [2.75, 3.05) is 13.1 Å². The lowest BCUT2D eigenvalue weighted by Gasteiger charge is -2.26. The molecule has 2 heterocycles. The lowest BCUT2D eigenvalue weighted by Crippen LogP contribution is -2.50. The van der Waals surface area contributed by atoms with Crippen molar-refractivity contribution >= 4 is 0 Å². The molecule has 1 aromatic heterocycles.